The summed E-state index contributed by atoms with van der Waals surface area (Å²) < 4.78 is 7.19. The highest BCUT2D eigenvalue weighted by atomic mass is 32.2. The first-order valence-corrected chi connectivity index (χ1v) is 9.13. The Morgan fingerprint density at radius 2 is 2.27 bits per heavy atom. The summed E-state index contributed by atoms with van der Waals surface area (Å²) in [5.41, 5.74) is 3.72. The largest absolute Gasteiger partial charge is 0.493 e. The van der Waals surface area contributed by atoms with Gasteiger partial charge in [0.25, 0.3) is 0 Å². The summed E-state index contributed by atoms with van der Waals surface area (Å²) in [4.78, 5) is 18.4. The average molecular weight is 375 g/mol. The van der Waals surface area contributed by atoms with E-state index in [1.807, 2.05) is 26.8 Å². The molecule has 3 rings (SSSR count). The summed E-state index contributed by atoms with van der Waals surface area (Å²) in [5, 5.41) is 18.0. The molecule has 1 aliphatic heterocycles. The highest BCUT2D eigenvalue weighted by Crippen LogP contribution is 2.39. The van der Waals surface area contributed by atoms with E-state index in [1.165, 1.54) is 18.0 Å². The van der Waals surface area contributed by atoms with Crippen LogP contribution in [0.4, 0.5) is 0 Å². The number of hydrogen-bond donors (Lipinski definition) is 1. The normalized spacial score (nSPS) is 14.8. The zero-order valence-electron chi connectivity index (χ0n) is 15.2. The van der Waals surface area contributed by atoms with Crippen LogP contribution in [0.1, 0.15) is 40.4 Å². The Balaban J connectivity index is 2.00. The second kappa shape index (κ2) is 7.41. The fraction of sp³-hybridized carbons (Fsp3) is 0.389. The number of ether oxygens (including phenoxy) is 1. The number of hydrogen-bond acceptors (Lipinski definition) is 7. The molecule has 1 aromatic heterocycles. The number of aromatic hydroxyl groups is 1. The molecule has 26 heavy (non-hydrogen) atoms. The standard InChI is InChI=1S/C18H21N3O4S/c1-5-21-17(22)12(9-19-21)18(23)26-14-8-10(2)16-15(11(14)3)13(20-24-4)6-7-25-16/h8-9,22H,5-7H2,1-4H3. The van der Waals surface area contributed by atoms with Gasteiger partial charge in [-0.3, -0.25) is 4.79 Å². The van der Waals surface area contributed by atoms with Gasteiger partial charge in [0.2, 0.25) is 11.0 Å². The van der Waals surface area contributed by atoms with Gasteiger partial charge in [0.15, 0.2) is 0 Å². The lowest BCUT2D eigenvalue weighted by molar-refractivity contribution is 0.108. The molecule has 0 spiro atoms. The number of carbonyl (C=O) groups is 1. The third-order valence-electron chi connectivity index (χ3n) is 4.29. The molecule has 2 heterocycles. The van der Waals surface area contributed by atoms with Gasteiger partial charge >= 0.3 is 0 Å². The quantitative estimate of drug-likeness (QED) is 0.652. The van der Waals surface area contributed by atoms with Crippen LogP contribution in [0.5, 0.6) is 11.6 Å². The number of carbonyl (C=O) groups excluding carboxylic acids is 1. The van der Waals surface area contributed by atoms with Crippen molar-refractivity contribution in [3.63, 3.8) is 0 Å². The minimum atomic E-state index is -0.258. The van der Waals surface area contributed by atoms with Gasteiger partial charge in [-0.2, -0.15) is 5.10 Å². The molecular formula is C18H21N3O4S. The lowest BCUT2D eigenvalue weighted by Gasteiger charge is -2.24. The van der Waals surface area contributed by atoms with Gasteiger partial charge in [-0.1, -0.05) is 5.16 Å². The molecule has 138 valence electrons. The molecule has 0 saturated carbocycles. The smallest absolute Gasteiger partial charge is 0.231 e. The van der Waals surface area contributed by atoms with Crippen molar-refractivity contribution in [2.45, 2.75) is 38.6 Å². The maximum Gasteiger partial charge on any atom is 0.231 e. The number of thioether (sulfide) groups is 1. The Morgan fingerprint density at radius 1 is 1.50 bits per heavy atom. The van der Waals surface area contributed by atoms with E-state index < -0.39 is 0 Å². The van der Waals surface area contributed by atoms with Crippen LogP contribution in [-0.4, -0.2) is 39.4 Å². The molecule has 1 N–H and O–H groups in total. The van der Waals surface area contributed by atoms with E-state index in [2.05, 4.69) is 10.3 Å². The SMILES string of the molecule is CCn1ncc(C(=O)Sc2cc(C)c3c(c2C)C(=NOC)CCO3)c1O. The van der Waals surface area contributed by atoms with Gasteiger partial charge in [-0.25, -0.2) is 4.68 Å². The van der Waals surface area contributed by atoms with Crippen molar-refractivity contribution in [1.29, 1.82) is 0 Å². The van der Waals surface area contributed by atoms with E-state index in [4.69, 9.17) is 9.57 Å². The van der Waals surface area contributed by atoms with Gasteiger partial charge in [0, 0.05) is 23.4 Å². The summed E-state index contributed by atoms with van der Waals surface area (Å²) in [6, 6.07) is 1.92. The molecule has 0 amide bonds. The number of fused-ring (bicyclic) bond motifs is 1. The Morgan fingerprint density at radius 3 is 2.92 bits per heavy atom. The number of rotatable bonds is 4. The van der Waals surface area contributed by atoms with Crippen LogP contribution in [0.3, 0.4) is 0 Å². The lowest BCUT2D eigenvalue weighted by atomic mass is 9.96. The predicted octanol–water partition coefficient (Wildman–Crippen LogP) is 3.29. The van der Waals surface area contributed by atoms with Crippen LogP contribution < -0.4 is 4.74 Å². The van der Waals surface area contributed by atoms with E-state index in [9.17, 15) is 9.90 Å². The molecule has 0 aliphatic carbocycles. The summed E-state index contributed by atoms with van der Waals surface area (Å²) in [6.45, 7) is 6.76. The van der Waals surface area contributed by atoms with Crippen LogP contribution in [0.25, 0.3) is 0 Å². The van der Waals surface area contributed by atoms with Crippen molar-refractivity contribution in [3.8, 4) is 11.6 Å². The zero-order chi connectivity index (χ0) is 18.8. The van der Waals surface area contributed by atoms with Crippen molar-refractivity contribution in [1.82, 2.24) is 9.78 Å². The second-order valence-corrected chi connectivity index (χ2v) is 6.94. The van der Waals surface area contributed by atoms with Gasteiger partial charge in [0.1, 0.15) is 18.4 Å². The molecule has 0 bridgehead atoms. The van der Waals surface area contributed by atoms with Gasteiger partial charge in [0.05, 0.1) is 18.5 Å². The van der Waals surface area contributed by atoms with E-state index in [-0.39, 0.29) is 16.6 Å². The number of aromatic nitrogens is 2. The summed E-state index contributed by atoms with van der Waals surface area (Å²) in [7, 11) is 1.51. The Kier molecular flexibility index (Phi) is 5.22. The van der Waals surface area contributed by atoms with Crippen LogP contribution in [0, 0.1) is 13.8 Å². The highest BCUT2D eigenvalue weighted by Gasteiger charge is 2.26. The molecule has 7 nitrogen and oxygen atoms in total. The molecular weight excluding hydrogens is 354 g/mol. The van der Waals surface area contributed by atoms with Crippen molar-refractivity contribution in [2.75, 3.05) is 13.7 Å². The van der Waals surface area contributed by atoms with E-state index >= 15 is 0 Å². The molecule has 0 saturated heterocycles. The van der Waals surface area contributed by atoms with E-state index in [0.717, 1.165) is 44.8 Å². The monoisotopic (exact) mass is 375 g/mol. The molecule has 1 aromatic carbocycles. The van der Waals surface area contributed by atoms with E-state index in [0.29, 0.717) is 19.6 Å². The number of benzene rings is 1. The predicted molar refractivity (Wildman–Crippen MR) is 99.3 cm³/mol. The molecule has 2 aromatic rings. The first-order chi connectivity index (χ1) is 12.5. The maximum absolute atomic E-state index is 12.7. The van der Waals surface area contributed by atoms with Crippen molar-refractivity contribution in [2.24, 2.45) is 5.16 Å². The van der Waals surface area contributed by atoms with Crippen LogP contribution in [-0.2, 0) is 11.4 Å². The van der Waals surface area contributed by atoms with Crippen LogP contribution >= 0.6 is 11.8 Å². The average Bonchev–Trinajstić information content (AvgIpc) is 3.00. The molecule has 1 aliphatic rings. The molecule has 0 unspecified atom stereocenters. The fourth-order valence-electron chi connectivity index (χ4n) is 2.99. The molecule has 0 atom stereocenters. The van der Waals surface area contributed by atoms with Crippen LogP contribution in [0.2, 0.25) is 0 Å². The molecule has 8 heteroatoms. The van der Waals surface area contributed by atoms with Crippen LogP contribution in [0.15, 0.2) is 22.3 Å². The maximum atomic E-state index is 12.7. The van der Waals surface area contributed by atoms with Gasteiger partial charge < -0.3 is 14.7 Å². The number of oxime groups is 1. The summed E-state index contributed by atoms with van der Waals surface area (Å²) >= 11 is 1.06. The number of aryl methyl sites for hydroxylation is 2. The summed E-state index contributed by atoms with van der Waals surface area (Å²) in [5.74, 6) is 0.672. The van der Waals surface area contributed by atoms with Crippen molar-refractivity contribution >= 4 is 22.6 Å². The molecule has 0 fully saturated rings. The van der Waals surface area contributed by atoms with Gasteiger partial charge in [-0.05, 0) is 49.7 Å². The third-order valence-corrected chi connectivity index (χ3v) is 5.34. The minimum Gasteiger partial charge on any atom is -0.493 e. The first kappa shape index (κ1) is 18.3. The first-order valence-electron chi connectivity index (χ1n) is 8.32. The Labute approximate surface area is 156 Å². The Hall–Kier alpha value is -2.48. The van der Waals surface area contributed by atoms with E-state index in [1.54, 1.807) is 0 Å². The van der Waals surface area contributed by atoms with Crippen molar-refractivity contribution in [3.05, 3.63) is 34.5 Å². The summed E-state index contributed by atoms with van der Waals surface area (Å²) in [6.07, 6.45) is 2.04. The van der Waals surface area contributed by atoms with Gasteiger partial charge in [-0.15, -0.1) is 0 Å². The third kappa shape index (κ3) is 3.16. The van der Waals surface area contributed by atoms with Crippen molar-refractivity contribution < 1.29 is 19.5 Å². The molecule has 0 radical (unpaired) electrons. The zero-order valence-corrected chi connectivity index (χ0v) is 16.0. The number of nitrogens with zero attached hydrogens (tertiary/aromatic N) is 3. The highest BCUT2D eigenvalue weighted by molar-refractivity contribution is 8.14. The Bertz CT molecular complexity index is 889. The fourth-order valence-corrected chi connectivity index (χ4v) is 3.93. The second-order valence-electron chi connectivity index (χ2n) is 5.93. The topological polar surface area (TPSA) is 85.9 Å². The lowest BCUT2D eigenvalue weighted by Crippen LogP contribution is -2.19. The minimum absolute atomic E-state index is 0.109.